The summed E-state index contributed by atoms with van der Waals surface area (Å²) in [5, 5.41) is 18.1. The third-order valence-electron chi connectivity index (χ3n) is 3.33. The summed E-state index contributed by atoms with van der Waals surface area (Å²) in [6.07, 6.45) is 6.28. The highest BCUT2D eigenvalue weighted by Gasteiger charge is 2.32. The molecule has 0 saturated heterocycles. The first-order valence-electron chi connectivity index (χ1n) is 10.3. The number of aldehydes is 1. The molecule has 0 aromatic carbocycles. The molecule has 0 atom stereocenters. The van der Waals surface area contributed by atoms with Crippen LogP contribution in [0, 0.1) is 16.7 Å². The molecule has 0 saturated carbocycles. The largest absolute Gasteiger partial charge is 0.497 e. The molecular weight excluding hydrogens is 431 g/mol. The second-order valence-electron chi connectivity index (χ2n) is 6.78. The molecule has 0 aromatic rings. The number of ether oxygens (including phenoxy) is 1. The van der Waals surface area contributed by atoms with E-state index < -0.39 is 18.2 Å². The lowest BCUT2D eigenvalue weighted by Gasteiger charge is -2.15. The number of carbonyl (C=O) groups is 1. The standard InChI is InChI=1S/C12H17NO.C6H4F3NO.C5H13N.C2H6/c1-4-7-11(10-13)8-6-9-12(5-2)14-3;7-6(8,9)5(1-3-10)2-4-11;1-5(2,3)6-4;1-2/h4-7,9-10,13H,1,8H2,2-3H3;2,4H,1H2;6H,1-4H3;1-2H3/b9-6-,11-7-,12-5+,13-10?;5-2+;;. The first-order chi connectivity index (χ1) is 15.4. The van der Waals surface area contributed by atoms with E-state index in [1.165, 1.54) is 12.3 Å². The maximum absolute atomic E-state index is 11.7. The molecule has 0 aliphatic heterocycles. The highest BCUT2D eigenvalue weighted by molar-refractivity contribution is 5.76. The Morgan fingerprint density at radius 1 is 1.21 bits per heavy atom. The summed E-state index contributed by atoms with van der Waals surface area (Å²) in [6, 6.07) is 1.31. The maximum Gasteiger partial charge on any atom is 0.413 e. The number of methoxy groups -OCH3 is 1. The molecule has 0 spiro atoms. The molecule has 188 valence electrons. The quantitative estimate of drug-likeness (QED) is 0.133. The minimum Gasteiger partial charge on any atom is -0.497 e. The van der Waals surface area contributed by atoms with Crippen LogP contribution < -0.4 is 5.32 Å². The number of carbonyl (C=O) groups excluding carboxylic acids is 1. The first kappa shape index (κ1) is 37.4. The van der Waals surface area contributed by atoms with Crippen LogP contribution >= 0.6 is 0 Å². The van der Waals surface area contributed by atoms with Gasteiger partial charge in [0, 0.05) is 11.8 Å². The van der Waals surface area contributed by atoms with Crippen LogP contribution in [0.3, 0.4) is 0 Å². The van der Waals surface area contributed by atoms with Gasteiger partial charge >= 0.3 is 6.18 Å². The Labute approximate surface area is 197 Å². The highest BCUT2D eigenvalue weighted by Crippen LogP contribution is 2.27. The van der Waals surface area contributed by atoms with Crippen molar-refractivity contribution in [3.8, 4) is 6.07 Å². The lowest BCUT2D eigenvalue weighted by atomic mass is 10.1. The average molecular weight is 472 g/mol. The third kappa shape index (κ3) is 29.1. The van der Waals surface area contributed by atoms with Crippen LogP contribution in [-0.4, -0.2) is 38.4 Å². The van der Waals surface area contributed by atoms with Gasteiger partial charge in [-0.25, -0.2) is 0 Å². The summed E-state index contributed by atoms with van der Waals surface area (Å²) < 4.78 is 40.2. The molecule has 8 heteroatoms. The minimum atomic E-state index is -4.57. The van der Waals surface area contributed by atoms with Gasteiger partial charge in [0.1, 0.15) is 12.0 Å². The minimum absolute atomic E-state index is 0.0141. The van der Waals surface area contributed by atoms with Gasteiger partial charge in [-0.15, -0.1) is 0 Å². The predicted octanol–water partition coefficient (Wildman–Crippen LogP) is 6.86. The van der Waals surface area contributed by atoms with Gasteiger partial charge in [-0.3, -0.25) is 4.79 Å². The molecule has 33 heavy (non-hydrogen) atoms. The van der Waals surface area contributed by atoms with E-state index in [1.807, 2.05) is 52.1 Å². The number of rotatable bonds is 8. The van der Waals surface area contributed by atoms with E-state index in [2.05, 4.69) is 32.7 Å². The van der Waals surface area contributed by atoms with E-state index in [0.29, 0.717) is 11.6 Å². The Morgan fingerprint density at radius 3 is 2.00 bits per heavy atom. The normalized spacial score (nSPS) is 12.0. The lowest BCUT2D eigenvalue weighted by molar-refractivity contribution is -0.106. The van der Waals surface area contributed by atoms with Crippen LogP contribution in [0.1, 0.15) is 54.4 Å². The molecule has 0 aliphatic carbocycles. The van der Waals surface area contributed by atoms with Gasteiger partial charge in [-0.2, -0.15) is 18.4 Å². The summed E-state index contributed by atoms with van der Waals surface area (Å²) >= 11 is 0. The number of hydrogen-bond acceptors (Lipinski definition) is 5. The van der Waals surface area contributed by atoms with Gasteiger partial charge in [0.2, 0.25) is 0 Å². The Kier molecular flexibility index (Phi) is 26.9. The zero-order valence-corrected chi connectivity index (χ0v) is 21.1. The lowest BCUT2D eigenvalue weighted by Crippen LogP contribution is -2.31. The van der Waals surface area contributed by atoms with Crippen molar-refractivity contribution in [3.63, 3.8) is 0 Å². The van der Waals surface area contributed by atoms with Crippen molar-refractivity contribution in [2.45, 2.75) is 66.1 Å². The van der Waals surface area contributed by atoms with Crippen molar-refractivity contribution >= 4 is 12.5 Å². The van der Waals surface area contributed by atoms with Crippen LogP contribution in [0.25, 0.3) is 0 Å². The summed E-state index contributed by atoms with van der Waals surface area (Å²) in [7, 11) is 3.59. The van der Waals surface area contributed by atoms with Crippen LogP contribution in [0.4, 0.5) is 13.2 Å². The number of nitriles is 1. The first-order valence-corrected chi connectivity index (χ1v) is 10.3. The molecule has 0 fully saturated rings. The van der Waals surface area contributed by atoms with E-state index in [-0.39, 0.29) is 6.29 Å². The van der Waals surface area contributed by atoms with E-state index in [4.69, 9.17) is 15.4 Å². The van der Waals surface area contributed by atoms with Crippen molar-refractivity contribution in [1.29, 1.82) is 10.7 Å². The van der Waals surface area contributed by atoms with Gasteiger partial charge in [0.25, 0.3) is 0 Å². The predicted molar refractivity (Wildman–Crippen MR) is 132 cm³/mol. The number of alkyl halides is 3. The molecule has 0 unspecified atom stereocenters. The van der Waals surface area contributed by atoms with Crippen molar-refractivity contribution in [2.24, 2.45) is 0 Å². The van der Waals surface area contributed by atoms with E-state index in [1.54, 1.807) is 13.2 Å². The van der Waals surface area contributed by atoms with Crippen LogP contribution in [-0.2, 0) is 9.53 Å². The monoisotopic (exact) mass is 471 g/mol. The molecule has 0 radical (unpaired) electrons. The number of nitrogens with zero attached hydrogens (tertiary/aromatic N) is 1. The van der Waals surface area contributed by atoms with E-state index in [9.17, 15) is 18.0 Å². The molecule has 0 heterocycles. The van der Waals surface area contributed by atoms with Crippen molar-refractivity contribution in [2.75, 3.05) is 14.2 Å². The number of nitrogens with one attached hydrogen (secondary N) is 2. The van der Waals surface area contributed by atoms with Gasteiger partial charge in [-0.1, -0.05) is 38.7 Å². The molecule has 5 nitrogen and oxygen atoms in total. The molecular formula is C25H40F3N3O2. The van der Waals surface area contributed by atoms with Crippen LogP contribution in [0.5, 0.6) is 0 Å². The van der Waals surface area contributed by atoms with Gasteiger partial charge in [0.05, 0.1) is 25.2 Å². The molecule has 0 aromatic heterocycles. The second-order valence-corrected chi connectivity index (χ2v) is 6.78. The number of halogens is 3. The SMILES string of the molecule is C=C/C=C(\C=N)C/C=C\C(=C/C)OC.CC.CNC(C)(C)C.N#CC/C(=C\C=O)C(F)(F)F. The maximum atomic E-state index is 11.7. The summed E-state index contributed by atoms with van der Waals surface area (Å²) in [4.78, 5) is 9.65. The van der Waals surface area contributed by atoms with Gasteiger partial charge in [0.15, 0.2) is 0 Å². The Bertz CT molecular complexity index is 691. The second kappa shape index (κ2) is 23.7. The molecule has 0 rings (SSSR count). The van der Waals surface area contributed by atoms with E-state index >= 15 is 0 Å². The fourth-order valence-corrected chi connectivity index (χ4v) is 1.34. The topological polar surface area (TPSA) is 86.0 Å². The Hall–Kier alpha value is -2.92. The molecule has 0 bridgehead atoms. The number of hydrogen-bond donors (Lipinski definition) is 2. The Morgan fingerprint density at radius 2 is 1.73 bits per heavy atom. The number of allylic oxidation sites excluding steroid dienone is 8. The smallest absolute Gasteiger partial charge is 0.413 e. The molecule has 2 N–H and O–H groups in total. The van der Waals surface area contributed by atoms with Crippen LogP contribution in [0.2, 0.25) is 0 Å². The summed E-state index contributed by atoms with van der Waals surface area (Å²) in [6.45, 7) is 15.9. The van der Waals surface area contributed by atoms with Gasteiger partial charge in [-0.05, 0) is 65.0 Å². The zero-order chi connectivity index (χ0) is 26.9. The third-order valence-corrected chi connectivity index (χ3v) is 3.33. The summed E-state index contributed by atoms with van der Waals surface area (Å²) in [5.41, 5.74) is 0.0952. The summed E-state index contributed by atoms with van der Waals surface area (Å²) in [5.74, 6) is 0.827. The molecule has 0 amide bonds. The van der Waals surface area contributed by atoms with Crippen molar-refractivity contribution in [1.82, 2.24) is 5.32 Å². The fourth-order valence-electron chi connectivity index (χ4n) is 1.34. The average Bonchev–Trinajstić information content (AvgIpc) is 2.77. The van der Waals surface area contributed by atoms with Crippen LogP contribution in [0.15, 0.2) is 59.9 Å². The zero-order valence-electron chi connectivity index (χ0n) is 21.1. The fraction of sp³-hybridized carbons (Fsp3) is 0.480. The highest BCUT2D eigenvalue weighted by atomic mass is 19.4. The van der Waals surface area contributed by atoms with Crippen molar-refractivity contribution in [3.05, 3.63) is 59.9 Å². The van der Waals surface area contributed by atoms with E-state index in [0.717, 1.165) is 17.8 Å². The molecule has 0 aliphatic rings. The Balaban J connectivity index is -0.000000197. The van der Waals surface area contributed by atoms with Crippen molar-refractivity contribution < 1.29 is 22.7 Å². The van der Waals surface area contributed by atoms with Gasteiger partial charge < -0.3 is 15.5 Å².